The minimum atomic E-state index is 0.187. The second kappa shape index (κ2) is 10.4. The third kappa shape index (κ3) is 7.28. The number of hydrogen-bond donors (Lipinski definition) is 1. The van der Waals surface area contributed by atoms with E-state index in [4.69, 9.17) is 0 Å². The highest BCUT2D eigenvalue weighted by molar-refractivity contribution is 9.11. The van der Waals surface area contributed by atoms with Gasteiger partial charge >= 0.3 is 0 Å². The Morgan fingerprint density at radius 3 is 2.05 bits per heavy atom. The van der Waals surface area contributed by atoms with E-state index in [0.29, 0.717) is 12.5 Å². The Morgan fingerprint density at radius 1 is 1.00 bits per heavy atom. The smallest absolute Gasteiger partial charge is 0.225 e. The molecule has 22 heavy (non-hydrogen) atoms. The molecule has 0 unspecified atom stereocenters. The zero-order valence-corrected chi connectivity index (χ0v) is 15.8. The van der Waals surface area contributed by atoms with Crippen molar-refractivity contribution in [1.82, 2.24) is 5.32 Å². The van der Waals surface area contributed by atoms with Gasteiger partial charge in [0.2, 0.25) is 5.91 Å². The van der Waals surface area contributed by atoms with Gasteiger partial charge in [-0.25, -0.2) is 0 Å². The van der Waals surface area contributed by atoms with Crippen LogP contribution < -0.4 is 5.32 Å². The number of carbonyl (C=O) groups is 1. The van der Waals surface area contributed by atoms with Crippen LogP contribution >= 0.6 is 27.3 Å². The van der Waals surface area contributed by atoms with E-state index in [2.05, 4.69) is 21.2 Å². The van der Waals surface area contributed by atoms with E-state index in [1.807, 2.05) is 12.1 Å². The van der Waals surface area contributed by atoms with Gasteiger partial charge in [0.05, 0.1) is 10.2 Å². The molecule has 1 heterocycles. The van der Waals surface area contributed by atoms with Gasteiger partial charge in [0.1, 0.15) is 0 Å². The fourth-order valence-electron chi connectivity index (χ4n) is 3.19. The highest BCUT2D eigenvalue weighted by Crippen LogP contribution is 2.22. The van der Waals surface area contributed by atoms with E-state index in [0.717, 1.165) is 21.5 Å². The summed E-state index contributed by atoms with van der Waals surface area (Å²) in [6.45, 7) is 0. The molecule has 1 aliphatic carbocycles. The van der Waals surface area contributed by atoms with Gasteiger partial charge in [-0.15, -0.1) is 11.3 Å². The Morgan fingerprint density at radius 2 is 1.55 bits per heavy atom. The lowest BCUT2D eigenvalue weighted by molar-refractivity contribution is -0.121. The fourth-order valence-corrected chi connectivity index (χ4v) is 4.67. The standard InChI is InChI=1S/C18H28BrNOS/c19-17-13-12-16(22-17)14-18(21)20-15-10-8-6-4-2-1-3-5-7-9-11-15/h12-13,15H,1-11,14H2,(H,20,21). The van der Waals surface area contributed by atoms with Crippen LogP contribution in [0.5, 0.6) is 0 Å². The normalized spacial score (nSPS) is 19.1. The highest BCUT2D eigenvalue weighted by Gasteiger charge is 2.13. The minimum Gasteiger partial charge on any atom is -0.353 e. The van der Waals surface area contributed by atoms with Gasteiger partial charge in [0, 0.05) is 10.9 Å². The molecule has 1 N–H and O–H groups in total. The van der Waals surface area contributed by atoms with Crippen molar-refractivity contribution in [1.29, 1.82) is 0 Å². The quantitative estimate of drug-likeness (QED) is 0.694. The molecule has 0 saturated heterocycles. The van der Waals surface area contributed by atoms with Gasteiger partial charge in [-0.3, -0.25) is 4.79 Å². The number of nitrogens with one attached hydrogen (secondary N) is 1. The molecule has 1 aromatic heterocycles. The summed E-state index contributed by atoms with van der Waals surface area (Å²) in [6.07, 6.45) is 14.9. The Labute approximate surface area is 147 Å². The molecule has 1 fully saturated rings. The number of amides is 1. The number of hydrogen-bond acceptors (Lipinski definition) is 2. The topological polar surface area (TPSA) is 29.1 Å². The second-order valence-corrected chi connectivity index (χ2v) is 8.95. The molecule has 0 spiro atoms. The van der Waals surface area contributed by atoms with Crippen molar-refractivity contribution >= 4 is 33.2 Å². The van der Waals surface area contributed by atoms with Crippen LogP contribution in [-0.4, -0.2) is 11.9 Å². The van der Waals surface area contributed by atoms with Crippen molar-refractivity contribution in [3.05, 3.63) is 20.8 Å². The van der Waals surface area contributed by atoms with Gasteiger partial charge in [0.15, 0.2) is 0 Å². The van der Waals surface area contributed by atoms with Gasteiger partial charge in [0.25, 0.3) is 0 Å². The number of rotatable bonds is 3. The Balaban J connectivity index is 1.77. The van der Waals surface area contributed by atoms with E-state index >= 15 is 0 Å². The summed E-state index contributed by atoms with van der Waals surface area (Å²) >= 11 is 5.11. The molecular formula is C18H28BrNOS. The van der Waals surface area contributed by atoms with Crippen molar-refractivity contribution in [2.24, 2.45) is 0 Å². The van der Waals surface area contributed by atoms with Crippen molar-refractivity contribution in [3.8, 4) is 0 Å². The Kier molecular flexibility index (Phi) is 8.53. The molecule has 1 aromatic rings. The molecule has 2 nitrogen and oxygen atoms in total. The maximum absolute atomic E-state index is 12.2. The van der Waals surface area contributed by atoms with E-state index in [1.165, 1.54) is 57.8 Å². The van der Waals surface area contributed by atoms with Crippen LogP contribution in [0.25, 0.3) is 0 Å². The van der Waals surface area contributed by atoms with Gasteiger partial charge in [-0.05, 0) is 40.9 Å². The second-order valence-electron chi connectivity index (χ2n) is 6.41. The van der Waals surface area contributed by atoms with Gasteiger partial charge in [-0.1, -0.05) is 57.8 Å². The molecule has 1 saturated carbocycles. The predicted molar refractivity (Wildman–Crippen MR) is 98.4 cm³/mol. The average Bonchev–Trinajstić information content (AvgIpc) is 2.87. The van der Waals surface area contributed by atoms with Crippen LogP contribution in [0, 0.1) is 0 Å². The molecule has 0 atom stereocenters. The summed E-state index contributed by atoms with van der Waals surface area (Å²) in [5.74, 6) is 0.187. The third-order valence-corrected chi connectivity index (χ3v) is 6.06. The monoisotopic (exact) mass is 385 g/mol. The van der Waals surface area contributed by atoms with E-state index in [-0.39, 0.29) is 5.91 Å². The van der Waals surface area contributed by atoms with E-state index in [1.54, 1.807) is 11.3 Å². The SMILES string of the molecule is O=C(Cc1ccc(Br)s1)NC1CCCCCCCCCCC1. The van der Waals surface area contributed by atoms with Gasteiger partial charge in [-0.2, -0.15) is 0 Å². The molecule has 0 aliphatic heterocycles. The Hall–Kier alpha value is -0.350. The average molecular weight is 386 g/mol. The third-order valence-electron chi connectivity index (χ3n) is 4.43. The Bertz CT molecular complexity index is 434. The largest absolute Gasteiger partial charge is 0.353 e. The lowest BCUT2D eigenvalue weighted by Gasteiger charge is -2.19. The van der Waals surface area contributed by atoms with Crippen LogP contribution in [0.2, 0.25) is 0 Å². The summed E-state index contributed by atoms with van der Waals surface area (Å²) in [6, 6.07) is 4.44. The first kappa shape index (κ1) is 18.0. The summed E-state index contributed by atoms with van der Waals surface area (Å²) in [5, 5.41) is 3.28. The molecular weight excluding hydrogens is 358 g/mol. The van der Waals surface area contributed by atoms with Gasteiger partial charge < -0.3 is 5.32 Å². The maximum atomic E-state index is 12.2. The number of carbonyl (C=O) groups excluding carboxylic acids is 1. The van der Waals surface area contributed by atoms with Crippen molar-refractivity contribution in [2.75, 3.05) is 0 Å². The summed E-state index contributed by atoms with van der Waals surface area (Å²) < 4.78 is 1.10. The van der Waals surface area contributed by atoms with Crippen molar-refractivity contribution in [2.45, 2.75) is 83.1 Å². The van der Waals surface area contributed by atoms with Crippen molar-refractivity contribution in [3.63, 3.8) is 0 Å². The first-order chi connectivity index (χ1) is 10.7. The molecule has 124 valence electrons. The highest BCUT2D eigenvalue weighted by atomic mass is 79.9. The predicted octanol–water partition coefficient (Wildman–Crippen LogP) is 5.84. The molecule has 0 bridgehead atoms. The maximum Gasteiger partial charge on any atom is 0.225 e. The molecule has 0 aromatic carbocycles. The molecule has 0 radical (unpaired) electrons. The molecule has 2 rings (SSSR count). The van der Waals surface area contributed by atoms with E-state index < -0.39 is 0 Å². The first-order valence-electron chi connectivity index (χ1n) is 8.77. The zero-order valence-electron chi connectivity index (χ0n) is 13.4. The summed E-state index contributed by atoms with van der Waals surface area (Å²) in [7, 11) is 0. The fraction of sp³-hybridized carbons (Fsp3) is 0.722. The lowest BCUT2D eigenvalue weighted by atomic mass is 9.98. The lowest BCUT2D eigenvalue weighted by Crippen LogP contribution is -2.35. The molecule has 1 aliphatic rings. The van der Waals surface area contributed by atoms with Crippen LogP contribution in [0.15, 0.2) is 15.9 Å². The van der Waals surface area contributed by atoms with Crippen molar-refractivity contribution < 1.29 is 4.79 Å². The summed E-state index contributed by atoms with van der Waals surface area (Å²) in [5.41, 5.74) is 0. The van der Waals surface area contributed by atoms with Crippen LogP contribution in [0.4, 0.5) is 0 Å². The zero-order chi connectivity index (χ0) is 15.6. The summed E-state index contributed by atoms with van der Waals surface area (Å²) in [4.78, 5) is 13.4. The first-order valence-corrected chi connectivity index (χ1v) is 10.4. The van der Waals surface area contributed by atoms with Crippen LogP contribution in [-0.2, 0) is 11.2 Å². The van der Waals surface area contributed by atoms with Crippen LogP contribution in [0.1, 0.15) is 75.5 Å². The number of thiophene rings is 1. The van der Waals surface area contributed by atoms with Crippen LogP contribution in [0.3, 0.4) is 0 Å². The van der Waals surface area contributed by atoms with E-state index in [9.17, 15) is 4.79 Å². The number of halogens is 1. The molecule has 4 heteroatoms. The molecule has 1 amide bonds. The minimum absolute atomic E-state index is 0.187.